The Labute approximate surface area is 108 Å². The molecule has 0 amide bonds. The summed E-state index contributed by atoms with van der Waals surface area (Å²) < 4.78 is 5.39. The Balaban J connectivity index is 2.30. The number of aliphatic hydroxyl groups is 1. The molecule has 18 heavy (non-hydrogen) atoms. The number of aliphatic hydroxyl groups excluding tert-OH is 1. The zero-order chi connectivity index (χ0) is 13.3. The second-order valence-corrected chi connectivity index (χ2v) is 5.25. The summed E-state index contributed by atoms with van der Waals surface area (Å²) in [7, 11) is 0. The molecule has 3 heteroatoms. The standard InChI is InChI=1S/C15H20O3/c1-9(2)12-8-13(16)10(3)5-4-6-11-7-14(12)18-15(11)17/h5,7,12-14,16H,1,4,6,8H2,2-3H3/b10-5+/t12-,13+,14-/m0/s1. The third-order valence-electron chi connectivity index (χ3n) is 3.78. The Morgan fingerprint density at radius 2 is 2.28 bits per heavy atom. The molecule has 0 aromatic rings. The fourth-order valence-electron chi connectivity index (χ4n) is 2.52. The number of carbonyl (C=O) groups is 1. The van der Waals surface area contributed by atoms with E-state index < -0.39 is 6.10 Å². The monoisotopic (exact) mass is 248 g/mol. The van der Waals surface area contributed by atoms with E-state index in [0.29, 0.717) is 12.8 Å². The molecule has 0 fully saturated rings. The maximum absolute atomic E-state index is 11.7. The van der Waals surface area contributed by atoms with Crippen LogP contribution in [0.1, 0.15) is 33.1 Å². The fourth-order valence-corrected chi connectivity index (χ4v) is 2.52. The van der Waals surface area contributed by atoms with Crippen LogP contribution in [-0.4, -0.2) is 23.3 Å². The fraction of sp³-hybridized carbons (Fsp3) is 0.533. The zero-order valence-corrected chi connectivity index (χ0v) is 11.0. The van der Waals surface area contributed by atoms with E-state index in [1.165, 1.54) is 0 Å². The maximum Gasteiger partial charge on any atom is 0.334 e. The highest BCUT2D eigenvalue weighted by atomic mass is 16.5. The minimum atomic E-state index is -0.485. The average Bonchev–Trinajstić information content (AvgIpc) is 2.65. The summed E-state index contributed by atoms with van der Waals surface area (Å²) in [6.07, 6.45) is 5.18. The Bertz CT molecular complexity index is 431. The summed E-state index contributed by atoms with van der Waals surface area (Å²) >= 11 is 0. The molecule has 2 rings (SSSR count). The highest BCUT2D eigenvalue weighted by molar-refractivity contribution is 5.91. The van der Waals surface area contributed by atoms with E-state index in [1.54, 1.807) is 0 Å². The molecule has 0 saturated carbocycles. The van der Waals surface area contributed by atoms with Crippen LogP contribution in [0.5, 0.6) is 0 Å². The van der Waals surface area contributed by atoms with Gasteiger partial charge < -0.3 is 9.84 Å². The molecule has 0 saturated heterocycles. The number of esters is 1. The first-order chi connectivity index (χ1) is 8.49. The van der Waals surface area contributed by atoms with Gasteiger partial charge in [-0.25, -0.2) is 4.79 Å². The molecule has 2 bridgehead atoms. The van der Waals surface area contributed by atoms with Gasteiger partial charge in [0.1, 0.15) is 6.10 Å². The first-order valence-corrected chi connectivity index (χ1v) is 6.41. The van der Waals surface area contributed by atoms with Crippen molar-refractivity contribution in [2.75, 3.05) is 0 Å². The van der Waals surface area contributed by atoms with E-state index in [0.717, 1.165) is 23.1 Å². The van der Waals surface area contributed by atoms with Gasteiger partial charge in [-0.15, -0.1) is 0 Å². The minimum absolute atomic E-state index is 0.0112. The first-order valence-electron chi connectivity index (χ1n) is 6.41. The minimum Gasteiger partial charge on any atom is -0.454 e. The van der Waals surface area contributed by atoms with Crippen molar-refractivity contribution >= 4 is 5.97 Å². The Kier molecular flexibility index (Phi) is 3.71. The third-order valence-corrected chi connectivity index (χ3v) is 3.78. The topological polar surface area (TPSA) is 46.5 Å². The molecule has 0 aromatic heterocycles. The Hall–Kier alpha value is -1.35. The van der Waals surface area contributed by atoms with Crippen LogP contribution < -0.4 is 0 Å². The van der Waals surface area contributed by atoms with Crippen molar-refractivity contribution < 1.29 is 14.6 Å². The van der Waals surface area contributed by atoms with Crippen molar-refractivity contribution in [2.45, 2.75) is 45.3 Å². The highest BCUT2D eigenvalue weighted by Gasteiger charge is 2.33. The van der Waals surface area contributed by atoms with Crippen LogP contribution in [0.3, 0.4) is 0 Å². The smallest absolute Gasteiger partial charge is 0.334 e. The van der Waals surface area contributed by atoms with E-state index in [1.807, 2.05) is 26.0 Å². The van der Waals surface area contributed by atoms with Gasteiger partial charge in [-0.3, -0.25) is 0 Å². The summed E-state index contributed by atoms with van der Waals surface area (Å²) in [5.74, 6) is -0.225. The molecule has 0 spiro atoms. The molecule has 98 valence electrons. The SMILES string of the molecule is C=C(C)[C@@H]1C[C@@H](O)/C(C)=C/CCC2=C[C@@H]1OC2=O. The number of rotatable bonds is 1. The number of hydrogen-bond donors (Lipinski definition) is 1. The van der Waals surface area contributed by atoms with Gasteiger partial charge in [0, 0.05) is 11.5 Å². The molecule has 1 N–H and O–H groups in total. The molecule has 1 aliphatic carbocycles. The van der Waals surface area contributed by atoms with Gasteiger partial charge in [0.2, 0.25) is 0 Å². The van der Waals surface area contributed by atoms with Gasteiger partial charge in [0.05, 0.1) is 6.10 Å². The largest absolute Gasteiger partial charge is 0.454 e. The van der Waals surface area contributed by atoms with E-state index >= 15 is 0 Å². The van der Waals surface area contributed by atoms with Crippen LogP contribution >= 0.6 is 0 Å². The zero-order valence-electron chi connectivity index (χ0n) is 11.0. The summed E-state index contributed by atoms with van der Waals surface area (Å²) in [5, 5.41) is 10.1. The van der Waals surface area contributed by atoms with Gasteiger partial charge >= 0.3 is 5.97 Å². The second-order valence-electron chi connectivity index (χ2n) is 5.25. The molecule has 1 heterocycles. The number of allylic oxidation sites excluding steroid dienone is 1. The Morgan fingerprint density at radius 3 is 2.94 bits per heavy atom. The van der Waals surface area contributed by atoms with Crippen molar-refractivity contribution in [3.8, 4) is 0 Å². The van der Waals surface area contributed by atoms with E-state index in [9.17, 15) is 9.90 Å². The number of hydrogen-bond acceptors (Lipinski definition) is 3. The summed E-state index contributed by atoms with van der Waals surface area (Å²) in [6, 6.07) is 0. The molecule has 0 unspecified atom stereocenters. The number of carbonyl (C=O) groups excluding carboxylic acids is 1. The third kappa shape index (κ3) is 2.56. The van der Waals surface area contributed by atoms with E-state index in [-0.39, 0.29) is 18.0 Å². The van der Waals surface area contributed by atoms with E-state index in [2.05, 4.69) is 6.58 Å². The highest BCUT2D eigenvalue weighted by Crippen LogP contribution is 2.32. The predicted molar refractivity (Wildman–Crippen MR) is 69.9 cm³/mol. The first kappa shape index (κ1) is 13.1. The quantitative estimate of drug-likeness (QED) is 0.573. The molecule has 3 nitrogen and oxygen atoms in total. The van der Waals surface area contributed by atoms with Crippen molar-refractivity contribution in [2.24, 2.45) is 5.92 Å². The lowest BCUT2D eigenvalue weighted by molar-refractivity contribution is -0.141. The summed E-state index contributed by atoms with van der Waals surface area (Å²) in [4.78, 5) is 11.7. The van der Waals surface area contributed by atoms with Gasteiger partial charge in [0.15, 0.2) is 0 Å². The summed E-state index contributed by atoms with van der Waals surface area (Å²) in [6.45, 7) is 7.81. The molecule has 3 atom stereocenters. The van der Waals surface area contributed by atoms with Crippen LogP contribution in [0, 0.1) is 5.92 Å². The molecule has 0 aromatic carbocycles. The Morgan fingerprint density at radius 1 is 1.56 bits per heavy atom. The van der Waals surface area contributed by atoms with Crippen molar-refractivity contribution in [1.29, 1.82) is 0 Å². The molecule has 2 aliphatic rings. The molecule has 1 aliphatic heterocycles. The lowest BCUT2D eigenvalue weighted by Gasteiger charge is -2.25. The average molecular weight is 248 g/mol. The van der Waals surface area contributed by atoms with Gasteiger partial charge in [-0.2, -0.15) is 0 Å². The van der Waals surface area contributed by atoms with E-state index in [4.69, 9.17) is 4.74 Å². The summed E-state index contributed by atoms with van der Waals surface area (Å²) in [5.41, 5.74) is 2.67. The second kappa shape index (κ2) is 5.11. The van der Waals surface area contributed by atoms with Crippen LogP contribution in [0.4, 0.5) is 0 Å². The maximum atomic E-state index is 11.7. The van der Waals surface area contributed by atoms with Crippen LogP contribution in [0.25, 0.3) is 0 Å². The molecular weight excluding hydrogens is 228 g/mol. The molecular formula is C15H20O3. The lowest BCUT2D eigenvalue weighted by Crippen LogP contribution is -2.26. The molecule has 0 radical (unpaired) electrons. The normalized spacial score (nSPS) is 35.3. The van der Waals surface area contributed by atoms with Crippen molar-refractivity contribution in [1.82, 2.24) is 0 Å². The van der Waals surface area contributed by atoms with Crippen molar-refractivity contribution in [3.63, 3.8) is 0 Å². The van der Waals surface area contributed by atoms with Crippen molar-refractivity contribution in [3.05, 3.63) is 35.5 Å². The van der Waals surface area contributed by atoms with Gasteiger partial charge in [-0.1, -0.05) is 18.2 Å². The lowest BCUT2D eigenvalue weighted by atomic mass is 9.86. The van der Waals surface area contributed by atoms with Crippen LogP contribution in [-0.2, 0) is 9.53 Å². The number of fused-ring (bicyclic) bond motifs is 1. The number of ether oxygens (including phenoxy) is 1. The van der Waals surface area contributed by atoms with Gasteiger partial charge in [-0.05, 0) is 44.8 Å². The van der Waals surface area contributed by atoms with Gasteiger partial charge in [0.25, 0.3) is 0 Å². The predicted octanol–water partition coefficient (Wildman–Crippen LogP) is 2.52. The van der Waals surface area contributed by atoms with Crippen LogP contribution in [0.2, 0.25) is 0 Å². The van der Waals surface area contributed by atoms with Crippen LogP contribution in [0.15, 0.2) is 35.5 Å².